The number of carbonyl (C=O) groups excluding carboxylic acids is 1. The lowest BCUT2D eigenvalue weighted by Gasteiger charge is -2.30. The first kappa shape index (κ1) is 16.2. The Balaban J connectivity index is 1.66. The molecule has 0 saturated heterocycles. The summed E-state index contributed by atoms with van der Waals surface area (Å²) in [7, 11) is -3.69. The summed E-state index contributed by atoms with van der Waals surface area (Å²) in [6.45, 7) is 3.17. The molecule has 0 fully saturated rings. The molecule has 2 aromatic carbocycles. The molecule has 1 atom stereocenters. The van der Waals surface area contributed by atoms with Gasteiger partial charge in [0.05, 0.1) is 22.7 Å². The number of amides is 1. The van der Waals surface area contributed by atoms with E-state index in [0.29, 0.717) is 30.3 Å². The van der Waals surface area contributed by atoms with E-state index in [2.05, 4.69) is 6.92 Å². The molecule has 1 amide bonds. The Bertz CT molecular complexity index is 1050. The summed E-state index contributed by atoms with van der Waals surface area (Å²) in [5, 5.41) is 0.310. The van der Waals surface area contributed by atoms with Crippen LogP contribution in [0.15, 0.2) is 46.2 Å². The van der Waals surface area contributed by atoms with Crippen molar-refractivity contribution in [3.8, 4) is 0 Å². The van der Waals surface area contributed by atoms with Crippen molar-refractivity contribution < 1.29 is 13.2 Å². The van der Waals surface area contributed by atoms with E-state index in [9.17, 15) is 13.2 Å². The van der Waals surface area contributed by atoms with Gasteiger partial charge in [-0.2, -0.15) is 0 Å². The van der Waals surface area contributed by atoms with Crippen molar-refractivity contribution in [2.45, 2.75) is 34.8 Å². The molecule has 7 heteroatoms. The Morgan fingerprint density at radius 1 is 1.15 bits per heavy atom. The molecule has 2 aromatic rings. The van der Waals surface area contributed by atoms with E-state index in [4.69, 9.17) is 0 Å². The van der Waals surface area contributed by atoms with E-state index < -0.39 is 10.0 Å². The third kappa shape index (κ3) is 2.16. The molecule has 0 bridgehead atoms. The van der Waals surface area contributed by atoms with Crippen molar-refractivity contribution in [3.63, 3.8) is 0 Å². The molecule has 0 aromatic heterocycles. The maximum absolute atomic E-state index is 13.4. The van der Waals surface area contributed by atoms with Crippen LogP contribution in [0.3, 0.4) is 0 Å². The predicted octanol–water partition coefficient (Wildman–Crippen LogP) is 2.82. The Labute approximate surface area is 157 Å². The van der Waals surface area contributed by atoms with Gasteiger partial charge in [-0.1, -0.05) is 25.1 Å². The van der Waals surface area contributed by atoms with Gasteiger partial charge in [0.1, 0.15) is 0 Å². The highest BCUT2D eigenvalue weighted by Gasteiger charge is 2.40. The van der Waals surface area contributed by atoms with Crippen molar-refractivity contribution in [1.29, 1.82) is 0 Å². The minimum absolute atomic E-state index is 0.00197. The van der Waals surface area contributed by atoms with Gasteiger partial charge in [0, 0.05) is 28.8 Å². The SMILES string of the molecule is C[C@@H]1CN2C(=O)Cc3c(S(=O)(=O)N4CCc5ccccc54)ccc(c32)S1. The normalized spacial score (nSPS) is 21.1. The predicted molar refractivity (Wildman–Crippen MR) is 102 cm³/mol. The molecule has 0 spiro atoms. The van der Waals surface area contributed by atoms with E-state index in [0.717, 1.165) is 21.8 Å². The van der Waals surface area contributed by atoms with Gasteiger partial charge in [-0.05, 0) is 30.2 Å². The van der Waals surface area contributed by atoms with E-state index in [-0.39, 0.29) is 17.2 Å². The van der Waals surface area contributed by atoms with Crippen molar-refractivity contribution >= 4 is 39.1 Å². The van der Waals surface area contributed by atoms with E-state index >= 15 is 0 Å². The summed E-state index contributed by atoms with van der Waals surface area (Å²) < 4.78 is 28.4. The molecular formula is C19H18N2O3S2. The van der Waals surface area contributed by atoms with Gasteiger partial charge in [0.2, 0.25) is 5.91 Å². The summed E-state index contributed by atoms with van der Waals surface area (Å²) in [4.78, 5) is 15.5. The topological polar surface area (TPSA) is 57.7 Å². The number of fused-ring (bicyclic) bond motifs is 1. The van der Waals surface area contributed by atoms with Crippen LogP contribution in [0, 0.1) is 0 Å². The largest absolute Gasteiger partial charge is 0.310 e. The fourth-order valence-corrected chi connectivity index (χ4v) is 7.03. The van der Waals surface area contributed by atoms with Crippen LogP contribution >= 0.6 is 11.8 Å². The zero-order chi connectivity index (χ0) is 18.1. The van der Waals surface area contributed by atoms with Crippen LogP contribution in [0.4, 0.5) is 11.4 Å². The Morgan fingerprint density at radius 3 is 2.81 bits per heavy atom. The smallest absolute Gasteiger partial charge is 0.264 e. The number of hydrogen-bond acceptors (Lipinski definition) is 4. The minimum Gasteiger partial charge on any atom is -0.310 e. The molecule has 26 heavy (non-hydrogen) atoms. The fraction of sp³-hybridized carbons (Fsp3) is 0.316. The van der Waals surface area contributed by atoms with Crippen LogP contribution in [0.5, 0.6) is 0 Å². The van der Waals surface area contributed by atoms with Crippen LogP contribution in [-0.2, 0) is 27.7 Å². The fourth-order valence-electron chi connectivity index (χ4n) is 4.15. The Hall–Kier alpha value is -1.99. The van der Waals surface area contributed by atoms with E-state index in [1.165, 1.54) is 4.31 Å². The van der Waals surface area contributed by atoms with E-state index in [1.807, 2.05) is 30.3 Å². The molecule has 3 aliphatic heterocycles. The van der Waals surface area contributed by atoms with Gasteiger partial charge < -0.3 is 4.90 Å². The third-order valence-electron chi connectivity index (χ3n) is 5.28. The average molecular weight is 386 g/mol. The lowest BCUT2D eigenvalue weighted by molar-refractivity contribution is -0.117. The number of carbonyl (C=O) groups is 1. The number of anilines is 2. The van der Waals surface area contributed by atoms with Gasteiger partial charge >= 0.3 is 0 Å². The highest BCUT2D eigenvalue weighted by Crippen LogP contribution is 2.47. The summed E-state index contributed by atoms with van der Waals surface area (Å²) in [5.74, 6) is -0.00197. The highest BCUT2D eigenvalue weighted by molar-refractivity contribution is 8.00. The molecule has 0 aliphatic carbocycles. The molecule has 5 rings (SSSR count). The number of sulfonamides is 1. The van der Waals surface area contributed by atoms with Crippen molar-refractivity contribution in [2.75, 3.05) is 22.3 Å². The summed E-state index contributed by atoms with van der Waals surface area (Å²) >= 11 is 1.71. The quantitative estimate of drug-likeness (QED) is 0.796. The zero-order valence-corrected chi connectivity index (χ0v) is 15.9. The molecule has 134 valence electrons. The van der Waals surface area contributed by atoms with Gasteiger partial charge in [-0.15, -0.1) is 11.8 Å². The third-order valence-corrected chi connectivity index (χ3v) is 8.31. The first-order chi connectivity index (χ1) is 12.5. The van der Waals surface area contributed by atoms with Crippen LogP contribution in [0.25, 0.3) is 0 Å². The number of para-hydroxylation sites is 1. The second kappa shape index (κ2) is 5.50. The van der Waals surface area contributed by atoms with E-state index in [1.54, 1.807) is 22.7 Å². The second-order valence-corrected chi connectivity index (χ2v) is 10.3. The molecule has 0 saturated carbocycles. The molecule has 0 radical (unpaired) electrons. The number of thioether (sulfide) groups is 1. The van der Waals surface area contributed by atoms with Gasteiger partial charge in [-0.3, -0.25) is 9.10 Å². The van der Waals surface area contributed by atoms with Crippen molar-refractivity contribution in [1.82, 2.24) is 0 Å². The maximum atomic E-state index is 13.4. The minimum atomic E-state index is -3.69. The number of nitrogens with zero attached hydrogens (tertiary/aromatic N) is 2. The Kier molecular flexibility index (Phi) is 3.43. The summed E-state index contributed by atoms with van der Waals surface area (Å²) in [5.41, 5.74) is 3.28. The standard InChI is InChI=1S/C19H18N2O3S2/c1-12-11-20-18(22)10-14-17(7-6-16(25-12)19(14)20)26(23,24)21-9-8-13-4-2-3-5-15(13)21/h2-7,12H,8-11H2,1H3/t12-/m1/s1. The first-order valence-electron chi connectivity index (χ1n) is 8.70. The Morgan fingerprint density at radius 2 is 1.96 bits per heavy atom. The molecular weight excluding hydrogens is 368 g/mol. The van der Waals surface area contributed by atoms with Crippen LogP contribution < -0.4 is 9.21 Å². The number of rotatable bonds is 2. The molecule has 3 heterocycles. The zero-order valence-electron chi connectivity index (χ0n) is 14.3. The molecule has 0 N–H and O–H groups in total. The summed E-state index contributed by atoms with van der Waals surface area (Å²) in [6.07, 6.45) is 0.884. The van der Waals surface area contributed by atoms with Gasteiger partial charge in [0.15, 0.2) is 0 Å². The molecule has 3 aliphatic rings. The highest BCUT2D eigenvalue weighted by atomic mass is 32.2. The van der Waals surface area contributed by atoms with Crippen LogP contribution in [0.1, 0.15) is 18.1 Å². The van der Waals surface area contributed by atoms with Crippen molar-refractivity contribution in [2.24, 2.45) is 0 Å². The lowest BCUT2D eigenvalue weighted by atomic mass is 10.1. The molecule has 0 unspecified atom stereocenters. The number of benzene rings is 2. The average Bonchev–Trinajstić information content (AvgIpc) is 3.18. The monoisotopic (exact) mass is 386 g/mol. The first-order valence-corrected chi connectivity index (χ1v) is 11.0. The van der Waals surface area contributed by atoms with Crippen LogP contribution in [-0.4, -0.2) is 32.7 Å². The van der Waals surface area contributed by atoms with Gasteiger partial charge in [-0.25, -0.2) is 8.42 Å². The second-order valence-electron chi connectivity index (χ2n) is 6.95. The molecule has 5 nitrogen and oxygen atoms in total. The lowest BCUT2D eigenvalue weighted by Crippen LogP contribution is -2.35. The summed E-state index contributed by atoms with van der Waals surface area (Å²) in [6, 6.07) is 11.2. The van der Waals surface area contributed by atoms with Gasteiger partial charge in [0.25, 0.3) is 10.0 Å². The number of hydrogen-bond donors (Lipinski definition) is 0. The van der Waals surface area contributed by atoms with Crippen molar-refractivity contribution in [3.05, 3.63) is 47.5 Å². The maximum Gasteiger partial charge on any atom is 0.264 e. The van der Waals surface area contributed by atoms with Crippen LogP contribution in [0.2, 0.25) is 0 Å².